The van der Waals surface area contributed by atoms with Crippen LogP contribution in [0.2, 0.25) is 5.02 Å². The lowest BCUT2D eigenvalue weighted by Crippen LogP contribution is -2.39. The fourth-order valence-electron chi connectivity index (χ4n) is 1.90. The zero-order valence-corrected chi connectivity index (χ0v) is 10.3. The van der Waals surface area contributed by atoms with Crippen molar-refractivity contribution in [3.8, 4) is 5.75 Å². The molecule has 0 radical (unpaired) electrons. The van der Waals surface area contributed by atoms with E-state index < -0.39 is 0 Å². The van der Waals surface area contributed by atoms with Crippen molar-refractivity contribution in [3.05, 3.63) is 28.8 Å². The summed E-state index contributed by atoms with van der Waals surface area (Å²) in [7, 11) is 1.64. The highest BCUT2D eigenvalue weighted by Crippen LogP contribution is 2.33. The molecule has 3 nitrogen and oxygen atoms in total. The van der Waals surface area contributed by atoms with Gasteiger partial charge in [-0.1, -0.05) is 23.7 Å². The van der Waals surface area contributed by atoms with E-state index >= 15 is 0 Å². The zero-order chi connectivity index (χ0) is 11.5. The molecule has 0 bridgehead atoms. The van der Waals surface area contributed by atoms with Crippen molar-refractivity contribution < 1.29 is 9.47 Å². The third kappa shape index (κ3) is 2.32. The van der Waals surface area contributed by atoms with E-state index in [0.717, 1.165) is 17.9 Å². The van der Waals surface area contributed by atoms with Gasteiger partial charge in [0.1, 0.15) is 5.75 Å². The minimum absolute atomic E-state index is 0.157. The molecule has 1 aliphatic heterocycles. The Labute approximate surface area is 101 Å². The third-order valence-corrected chi connectivity index (χ3v) is 3.07. The van der Waals surface area contributed by atoms with Crippen molar-refractivity contribution in [3.63, 3.8) is 0 Å². The van der Waals surface area contributed by atoms with Gasteiger partial charge >= 0.3 is 0 Å². The summed E-state index contributed by atoms with van der Waals surface area (Å²) in [6.45, 7) is 3.55. The summed E-state index contributed by atoms with van der Waals surface area (Å²) < 4.78 is 11.0. The maximum absolute atomic E-state index is 6.08. The molecule has 2 rings (SSSR count). The highest BCUT2D eigenvalue weighted by atomic mass is 35.5. The summed E-state index contributed by atoms with van der Waals surface area (Å²) in [5, 5.41) is 4.06. The van der Waals surface area contributed by atoms with E-state index in [1.807, 2.05) is 18.2 Å². The van der Waals surface area contributed by atoms with Crippen LogP contribution in [-0.4, -0.2) is 26.4 Å². The van der Waals surface area contributed by atoms with Crippen LogP contribution < -0.4 is 10.1 Å². The average Bonchev–Trinajstić information content (AvgIpc) is 2.30. The van der Waals surface area contributed by atoms with E-state index in [-0.39, 0.29) is 12.1 Å². The maximum Gasteiger partial charge on any atom is 0.142 e. The van der Waals surface area contributed by atoms with Gasteiger partial charge in [0.2, 0.25) is 0 Å². The first-order valence-electron chi connectivity index (χ1n) is 5.39. The Hall–Kier alpha value is -0.770. The lowest BCUT2D eigenvalue weighted by atomic mass is 10.0. The number of ether oxygens (including phenoxy) is 2. The number of benzene rings is 1. The highest BCUT2D eigenvalue weighted by molar-refractivity contribution is 6.32. The first kappa shape index (κ1) is 11.7. The second-order valence-corrected chi connectivity index (χ2v) is 4.37. The molecule has 1 aromatic carbocycles. The molecule has 16 heavy (non-hydrogen) atoms. The molecule has 0 amide bonds. The van der Waals surface area contributed by atoms with E-state index in [4.69, 9.17) is 21.1 Å². The smallest absolute Gasteiger partial charge is 0.142 e. The molecule has 0 spiro atoms. The lowest BCUT2D eigenvalue weighted by Gasteiger charge is -2.29. The van der Waals surface area contributed by atoms with Gasteiger partial charge in [0.15, 0.2) is 0 Å². The zero-order valence-electron chi connectivity index (χ0n) is 9.50. The molecule has 0 saturated carbocycles. The summed E-state index contributed by atoms with van der Waals surface area (Å²) in [6, 6.07) is 5.93. The Morgan fingerprint density at radius 1 is 1.50 bits per heavy atom. The molecule has 1 saturated heterocycles. The van der Waals surface area contributed by atoms with Crippen LogP contribution in [-0.2, 0) is 4.74 Å². The maximum atomic E-state index is 6.08. The predicted octanol–water partition coefficient (Wildman–Crippen LogP) is 2.40. The van der Waals surface area contributed by atoms with Gasteiger partial charge < -0.3 is 14.8 Å². The topological polar surface area (TPSA) is 30.5 Å². The van der Waals surface area contributed by atoms with Gasteiger partial charge in [-0.2, -0.15) is 0 Å². The van der Waals surface area contributed by atoms with Crippen LogP contribution in [0.25, 0.3) is 0 Å². The quantitative estimate of drug-likeness (QED) is 0.863. The largest absolute Gasteiger partial charge is 0.495 e. The van der Waals surface area contributed by atoms with Crippen LogP contribution in [0.3, 0.4) is 0 Å². The number of hydrogen-bond acceptors (Lipinski definition) is 3. The van der Waals surface area contributed by atoms with Gasteiger partial charge in [-0.15, -0.1) is 0 Å². The number of rotatable bonds is 2. The number of hydrogen-bond donors (Lipinski definition) is 1. The van der Waals surface area contributed by atoms with Gasteiger partial charge in [0, 0.05) is 12.1 Å². The van der Waals surface area contributed by atoms with E-state index in [1.165, 1.54) is 0 Å². The number of morpholine rings is 1. The first-order chi connectivity index (χ1) is 7.72. The molecular formula is C12H16ClNO2. The van der Waals surface area contributed by atoms with Gasteiger partial charge in [0.05, 0.1) is 30.9 Å². The van der Waals surface area contributed by atoms with Gasteiger partial charge in [-0.05, 0) is 13.0 Å². The highest BCUT2D eigenvalue weighted by Gasteiger charge is 2.23. The Kier molecular flexibility index (Phi) is 3.69. The molecule has 0 aromatic heterocycles. The van der Waals surface area contributed by atoms with Crippen molar-refractivity contribution >= 4 is 11.6 Å². The third-order valence-electron chi connectivity index (χ3n) is 2.78. The van der Waals surface area contributed by atoms with Crippen molar-refractivity contribution in [2.45, 2.75) is 19.1 Å². The van der Waals surface area contributed by atoms with Crippen molar-refractivity contribution in [1.82, 2.24) is 5.32 Å². The molecular weight excluding hydrogens is 226 g/mol. The molecule has 0 aliphatic carbocycles. The molecule has 1 heterocycles. The molecule has 4 heteroatoms. The lowest BCUT2D eigenvalue weighted by molar-refractivity contribution is 0.0144. The van der Waals surface area contributed by atoms with Crippen LogP contribution in [0.4, 0.5) is 0 Å². The normalized spacial score (nSPS) is 25.4. The van der Waals surface area contributed by atoms with E-state index in [2.05, 4.69) is 12.2 Å². The van der Waals surface area contributed by atoms with E-state index in [0.29, 0.717) is 11.6 Å². The predicted molar refractivity (Wildman–Crippen MR) is 64.2 cm³/mol. The molecule has 1 fully saturated rings. The van der Waals surface area contributed by atoms with Crippen LogP contribution in [0.5, 0.6) is 5.75 Å². The monoisotopic (exact) mass is 241 g/mol. The SMILES string of the molecule is COc1c(Cl)cccc1C1COC(C)CN1. The van der Waals surface area contributed by atoms with Gasteiger partial charge in [-0.25, -0.2) is 0 Å². The number of para-hydroxylation sites is 1. The Morgan fingerprint density at radius 3 is 2.94 bits per heavy atom. The number of nitrogens with one attached hydrogen (secondary N) is 1. The average molecular weight is 242 g/mol. The summed E-state index contributed by atoms with van der Waals surface area (Å²) >= 11 is 6.08. The van der Waals surface area contributed by atoms with E-state index in [9.17, 15) is 0 Å². The standard InChI is InChI=1S/C12H16ClNO2/c1-8-6-14-11(7-16-8)9-4-3-5-10(13)12(9)15-2/h3-5,8,11,14H,6-7H2,1-2H3. The van der Waals surface area contributed by atoms with Crippen LogP contribution in [0.15, 0.2) is 18.2 Å². The molecule has 88 valence electrons. The van der Waals surface area contributed by atoms with E-state index in [1.54, 1.807) is 7.11 Å². The summed E-state index contributed by atoms with van der Waals surface area (Å²) in [5.41, 5.74) is 1.06. The second-order valence-electron chi connectivity index (χ2n) is 3.97. The van der Waals surface area contributed by atoms with Crippen molar-refractivity contribution in [2.24, 2.45) is 0 Å². The minimum Gasteiger partial charge on any atom is -0.495 e. The second kappa shape index (κ2) is 5.04. The van der Waals surface area contributed by atoms with Crippen molar-refractivity contribution in [1.29, 1.82) is 0 Å². The Bertz CT molecular complexity index is 362. The Morgan fingerprint density at radius 2 is 2.31 bits per heavy atom. The minimum atomic E-state index is 0.157. The van der Waals surface area contributed by atoms with Gasteiger partial charge in [0.25, 0.3) is 0 Å². The van der Waals surface area contributed by atoms with Crippen LogP contribution in [0, 0.1) is 0 Å². The molecule has 1 aliphatic rings. The summed E-state index contributed by atoms with van der Waals surface area (Å²) in [5.74, 6) is 0.736. The first-order valence-corrected chi connectivity index (χ1v) is 5.77. The number of halogens is 1. The summed E-state index contributed by atoms with van der Waals surface area (Å²) in [4.78, 5) is 0. The van der Waals surface area contributed by atoms with Crippen molar-refractivity contribution in [2.75, 3.05) is 20.3 Å². The molecule has 1 aromatic rings. The van der Waals surface area contributed by atoms with Crippen LogP contribution >= 0.6 is 11.6 Å². The molecule has 2 unspecified atom stereocenters. The fraction of sp³-hybridized carbons (Fsp3) is 0.500. The molecule has 2 atom stereocenters. The van der Waals surface area contributed by atoms with Crippen LogP contribution in [0.1, 0.15) is 18.5 Å². The summed E-state index contributed by atoms with van der Waals surface area (Å²) in [6.07, 6.45) is 0.265. The van der Waals surface area contributed by atoms with Gasteiger partial charge in [-0.3, -0.25) is 0 Å². The Balaban J connectivity index is 2.23. The fourth-order valence-corrected chi connectivity index (χ4v) is 2.16. The number of methoxy groups -OCH3 is 1. The molecule has 1 N–H and O–H groups in total.